The standard InChI is InChI=1S/C26H38O4/c1-5-6-9-13-19(2)22-15-12-16-23(18-22)25(26(30)21(4)27)20(3)14-10-7-8-11-17-24(28)29/h7,10,12,15-16,18-20,30H,5-6,8-9,11,13-14,17H2,1-4H3,(H,28,29)/b10-7-,26-25-/t19?,20-/m1/s1. The molecule has 0 fully saturated rings. The Morgan fingerprint density at radius 2 is 1.80 bits per heavy atom. The molecule has 0 saturated carbocycles. The lowest BCUT2D eigenvalue weighted by molar-refractivity contribution is -0.137. The van der Waals surface area contributed by atoms with Crippen LogP contribution in [0.5, 0.6) is 0 Å². The second-order valence-corrected chi connectivity index (χ2v) is 8.23. The first kappa shape index (κ1) is 25.7. The number of hydrogen-bond donors (Lipinski definition) is 2. The van der Waals surface area contributed by atoms with E-state index >= 15 is 0 Å². The highest BCUT2D eigenvalue weighted by molar-refractivity contribution is 5.99. The monoisotopic (exact) mass is 414 g/mol. The number of carboxylic acids is 1. The maximum Gasteiger partial charge on any atom is 0.303 e. The molecule has 0 heterocycles. The molecule has 30 heavy (non-hydrogen) atoms. The number of rotatable bonds is 14. The Hall–Kier alpha value is -2.36. The lowest BCUT2D eigenvalue weighted by Crippen LogP contribution is -2.08. The SMILES string of the molecule is CCCCCC(C)c1cccc(/C(=C(\O)C(C)=O)[C@H](C)C/C=C\CCCC(=O)O)c1. The van der Waals surface area contributed by atoms with Gasteiger partial charge in [-0.15, -0.1) is 0 Å². The third-order valence-corrected chi connectivity index (χ3v) is 5.51. The topological polar surface area (TPSA) is 74.6 Å². The quantitative estimate of drug-likeness (QED) is 0.148. The van der Waals surface area contributed by atoms with Crippen LogP contribution in [-0.2, 0) is 9.59 Å². The number of allylic oxidation sites excluding steroid dienone is 4. The highest BCUT2D eigenvalue weighted by Crippen LogP contribution is 2.32. The van der Waals surface area contributed by atoms with Crippen molar-refractivity contribution in [3.63, 3.8) is 0 Å². The van der Waals surface area contributed by atoms with Crippen molar-refractivity contribution in [1.29, 1.82) is 0 Å². The fraction of sp³-hybridized carbons (Fsp3) is 0.538. The minimum Gasteiger partial charge on any atom is -0.504 e. The third kappa shape index (κ3) is 8.98. The number of Topliss-reactive ketones (excluding diaryl/α,β-unsaturated/α-hetero) is 1. The van der Waals surface area contributed by atoms with Crippen molar-refractivity contribution < 1.29 is 19.8 Å². The van der Waals surface area contributed by atoms with E-state index in [-0.39, 0.29) is 23.9 Å². The maximum atomic E-state index is 12.0. The summed E-state index contributed by atoms with van der Waals surface area (Å²) in [6.07, 6.45) is 10.9. The summed E-state index contributed by atoms with van der Waals surface area (Å²) in [6.45, 7) is 7.83. The highest BCUT2D eigenvalue weighted by Gasteiger charge is 2.19. The van der Waals surface area contributed by atoms with E-state index in [0.29, 0.717) is 30.8 Å². The second kappa shape index (κ2) is 13.8. The summed E-state index contributed by atoms with van der Waals surface area (Å²) < 4.78 is 0. The normalized spacial score (nSPS) is 14.4. The van der Waals surface area contributed by atoms with Gasteiger partial charge in [-0.05, 0) is 48.6 Å². The van der Waals surface area contributed by atoms with Gasteiger partial charge in [0.05, 0.1) is 0 Å². The molecule has 1 aromatic rings. The largest absolute Gasteiger partial charge is 0.504 e. The van der Waals surface area contributed by atoms with Crippen LogP contribution in [0.15, 0.2) is 42.2 Å². The first-order valence-electron chi connectivity index (χ1n) is 11.2. The zero-order valence-electron chi connectivity index (χ0n) is 19.0. The Bertz CT molecular complexity index is 745. The van der Waals surface area contributed by atoms with E-state index in [1.807, 2.05) is 31.2 Å². The molecule has 0 spiro atoms. The van der Waals surface area contributed by atoms with Crippen LogP contribution in [0.3, 0.4) is 0 Å². The summed E-state index contributed by atoms with van der Waals surface area (Å²) in [5.41, 5.74) is 2.81. The minimum atomic E-state index is -0.780. The summed E-state index contributed by atoms with van der Waals surface area (Å²) in [5.74, 6) is -0.879. The van der Waals surface area contributed by atoms with E-state index in [0.717, 1.165) is 12.0 Å². The molecule has 0 saturated heterocycles. The van der Waals surface area contributed by atoms with Crippen LogP contribution in [0.2, 0.25) is 0 Å². The molecule has 0 aliphatic rings. The number of carbonyl (C=O) groups is 2. The second-order valence-electron chi connectivity index (χ2n) is 8.23. The molecule has 4 heteroatoms. The van der Waals surface area contributed by atoms with E-state index in [9.17, 15) is 14.7 Å². The smallest absolute Gasteiger partial charge is 0.303 e. The molecule has 0 aliphatic heterocycles. The molecule has 0 aromatic heterocycles. The Balaban J connectivity index is 2.97. The number of unbranched alkanes of at least 4 members (excludes halogenated alkanes) is 3. The number of aliphatic hydroxyl groups is 1. The van der Waals surface area contributed by atoms with Crippen molar-refractivity contribution in [2.24, 2.45) is 5.92 Å². The van der Waals surface area contributed by atoms with Crippen molar-refractivity contribution in [3.05, 3.63) is 53.3 Å². The highest BCUT2D eigenvalue weighted by atomic mass is 16.4. The zero-order chi connectivity index (χ0) is 22.5. The number of carbonyl (C=O) groups excluding carboxylic acids is 1. The zero-order valence-corrected chi connectivity index (χ0v) is 19.0. The molecule has 0 bridgehead atoms. The van der Waals surface area contributed by atoms with Gasteiger partial charge in [0.25, 0.3) is 0 Å². The predicted octanol–water partition coefficient (Wildman–Crippen LogP) is 7.07. The van der Waals surface area contributed by atoms with Crippen LogP contribution in [0.25, 0.3) is 5.57 Å². The van der Waals surface area contributed by atoms with Gasteiger partial charge in [-0.3, -0.25) is 9.59 Å². The molecule has 4 nitrogen and oxygen atoms in total. The lowest BCUT2D eigenvalue weighted by atomic mass is 9.86. The lowest BCUT2D eigenvalue weighted by Gasteiger charge is -2.19. The summed E-state index contributed by atoms with van der Waals surface area (Å²) in [5, 5.41) is 19.3. The number of aliphatic carboxylic acids is 1. The first-order chi connectivity index (χ1) is 14.3. The summed E-state index contributed by atoms with van der Waals surface area (Å²) in [4.78, 5) is 22.5. The van der Waals surface area contributed by atoms with Gasteiger partial charge in [0, 0.05) is 18.9 Å². The van der Waals surface area contributed by atoms with Crippen LogP contribution in [0.4, 0.5) is 0 Å². The number of hydrogen-bond acceptors (Lipinski definition) is 3. The molecular weight excluding hydrogens is 376 g/mol. The number of aliphatic hydroxyl groups excluding tert-OH is 1. The average Bonchev–Trinajstić information content (AvgIpc) is 2.70. The molecule has 2 atom stereocenters. The van der Waals surface area contributed by atoms with Gasteiger partial charge in [-0.1, -0.05) is 76.5 Å². The predicted molar refractivity (Wildman–Crippen MR) is 124 cm³/mol. The van der Waals surface area contributed by atoms with Crippen LogP contribution in [-0.4, -0.2) is 22.0 Å². The van der Waals surface area contributed by atoms with E-state index < -0.39 is 5.97 Å². The van der Waals surface area contributed by atoms with Gasteiger partial charge in [0.2, 0.25) is 0 Å². The van der Waals surface area contributed by atoms with E-state index in [2.05, 4.69) is 26.0 Å². The van der Waals surface area contributed by atoms with E-state index in [1.165, 1.54) is 31.7 Å². The Kier molecular flexibility index (Phi) is 11.8. The molecule has 0 amide bonds. The van der Waals surface area contributed by atoms with Gasteiger partial charge < -0.3 is 10.2 Å². The molecule has 166 valence electrons. The molecule has 1 unspecified atom stereocenters. The average molecular weight is 415 g/mol. The van der Waals surface area contributed by atoms with Crippen molar-refractivity contribution in [2.45, 2.75) is 85.0 Å². The minimum absolute atomic E-state index is 0.0322. The Labute approximate surface area is 181 Å². The van der Waals surface area contributed by atoms with Crippen LogP contribution >= 0.6 is 0 Å². The van der Waals surface area contributed by atoms with Gasteiger partial charge in [0.1, 0.15) is 0 Å². The Morgan fingerprint density at radius 3 is 2.43 bits per heavy atom. The van der Waals surface area contributed by atoms with Crippen molar-refractivity contribution >= 4 is 17.3 Å². The molecule has 2 N–H and O–H groups in total. The maximum absolute atomic E-state index is 12.0. The molecule has 1 rings (SSSR count). The van der Waals surface area contributed by atoms with E-state index in [1.54, 1.807) is 0 Å². The van der Waals surface area contributed by atoms with Crippen molar-refractivity contribution in [2.75, 3.05) is 0 Å². The van der Waals surface area contributed by atoms with Gasteiger partial charge >= 0.3 is 5.97 Å². The molecular formula is C26H38O4. The van der Waals surface area contributed by atoms with Gasteiger partial charge in [-0.2, -0.15) is 0 Å². The fourth-order valence-electron chi connectivity index (χ4n) is 3.63. The number of benzene rings is 1. The van der Waals surface area contributed by atoms with E-state index in [4.69, 9.17) is 5.11 Å². The van der Waals surface area contributed by atoms with Gasteiger partial charge in [-0.25, -0.2) is 0 Å². The van der Waals surface area contributed by atoms with Crippen LogP contribution in [0, 0.1) is 5.92 Å². The molecule has 0 aliphatic carbocycles. The summed E-state index contributed by atoms with van der Waals surface area (Å²) >= 11 is 0. The van der Waals surface area contributed by atoms with Gasteiger partial charge in [0.15, 0.2) is 11.5 Å². The molecule has 0 radical (unpaired) electrons. The first-order valence-corrected chi connectivity index (χ1v) is 11.2. The van der Waals surface area contributed by atoms with Crippen molar-refractivity contribution in [1.82, 2.24) is 0 Å². The Morgan fingerprint density at radius 1 is 1.07 bits per heavy atom. The number of ketones is 1. The third-order valence-electron chi connectivity index (χ3n) is 5.51. The van der Waals surface area contributed by atoms with Crippen LogP contribution in [0.1, 0.15) is 96.1 Å². The van der Waals surface area contributed by atoms with Crippen molar-refractivity contribution in [3.8, 4) is 0 Å². The molecule has 1 aromatic carbocycles. The number of carboxylic acid groups (broad SMARTS) is 1. The summed E-state index contributed by atoms with van der Waals surface area (Å²) in [6, 6.07) is 8.19. The fourth-order valence-corrected chi connectivity index (χ4v) is 3.63. The van der Waals surface area contributed by atoms with Crippen LogP contribution < -0.4 is 0 Å². The summed E-state index contributed by atoms with van der Waals surface area (Å²) in [7, 11) is 0.